The molecular weight excluding hydrogens is 387 g/mol. The minimum atomic E-state index is -0.269. The highest BCUT2D eigenvalue weighted by atomic mass is 32.2. The summed E-state index contributed by atoms with van der Waals surface area (Å²) in [5.41, 5.74) is 6.23. The van der Waals surface area contributed by atoms with Crippen LogP contribution in [0.3, 0.4) is 0 Å². The summed E-state index contributed by atoms with van der Waals surface area (Å²) in [7, 11) is 1.86. The second kappa shape index (κ2) is 9.30. The van der Waals surface area contributed by atoms with E-state index in [4.69, 9.17) is 11.3 Å². The van der Waals surface area contributed by atoms with Crippen molar-refractivity contribution in [2.45, 2.75) is 12.8 Å². The summed E-state index contributed by atoms with van der Waals surface area (Å²) in [4.78, 5) is 0. The normalized spacial score (nSPS) is 22.4. The Morgan fingerprint density at radius 3 is 2.76 bits per heavy atom. The third kappa shape index (κ3) is 4.72. The molecule has 1 saturated heterocycles. The molecule has 6 N–H and O–H groups in total. The molecule has 0 amide bonds. The van der Waals surface area contributed by atoms with E-state index < -0.39 is 0 Å². The molecule has 1 aliphatic carbocycles. The number of nitrogens with one attached hydrogen (secondary N) is 4. The van der Waals surface area contributed by atoms with Gasteiger partial charge in [0, 0.05) is 49.4 Å². The lowest BCUT2D eigenvalue weighted by Gasteiger charge is -2.45. The largest absolute Gasteiger partial charge is 0.381 e. The number of nitrogens with zero attached hydrogens (tertiary/aromatic N) is 1. The van der Waals surface area contributed by atoms with E-state index in [0.29, 0.717) is 6.42 Å². The van der Waals surface area contributed by atoms with Crippen LogP contribution in [0.1, 0.15) is 12.8 Å². The molecule has 1 aromatic carbocycles. The predicted octanol–water partition coefficient (Wildman–Crippen LogP) is 3.48. The third-order valence-electron chi connectivity index (χ3n) is 5.28. The Kier molecular flexibility index (Phi) is 6.79. The van der Waals surface area contributed by atoms with Crippen molar-refractivity contribution in [3.05, 3.63) is 76.9 Å². The van der Waals surface area contributed by atoms with Gasteiger partial charge in [-0.2, -0.15) is 0 Å². The van der Waals surface area contributed by atoms with E-state index in [9.17, 15) is 4.39 Å². The molecule has 0 spiro atoms. The van der Waals surface area contributed by atoms with Crippen molar-refractivity contribution in [1.82, 2.24) is 15.0 Å². The van der Waals surface area contributed by atoms with E-state index in [1.165, 1.54) is 23.9 Å². The van der Waals surface area contributed by atoms with Gasteiger partial charge in [0.05, 0.1) is 0 Å². The Labute approximate surface area is 175 Å². The van der Waals surface area contributed by atoms with E-state index in [2.05, 4.69) is 33.0 Å². The van der Waals surface area contributed by atoms with Crippen LogP contribution in [0.2, 0.25) is 0 Å². The summed E-state index contributed by atoms with van der Waals surface area (Å²) in [6, 6.07) is 6.26. The molecule has 1 heterocycles. The van der Waals surface area contributed by atoms with Crippen LogP contribution in [0.5, 0.6) is 0 Å². The third-order valence-corrected chi connectivity index (χ3v) is 6.36. The molecule has 1 atom stereocenters. The first kappa shape index (κ1) is 21.2. The van der Waals surface area contributed by atoms with Crippen molar-refractivity contribution < 1.29 is 4.39 Å². The average molecular weight is 415 g/mol. The number of halogens is 1. The predicted molar refractivity (Wildman–Crippen MR) is 119 cm³/mol. The van der Waals surface area contributed by atoms with Gasteiger partial charge in [-0.1, -0.05) is 11.6 Å². The maximum Gasteiger partial charge on any atom is 0.123 e. The lowest BCUT2D eigenvalue weighted by atomic mass is 9.69. The first-order chi connectivity index (χ1) is 14.0. The van der Waals surface area contributed by atoms with E-state index in [1.807, 2.05) is 13.1 Å². The molecule has 3 rings (SSSR count). The number of piperidine rings is 1. The smallest absolute Gasteiger partial charge is 0.123 e. The first-order valence-corrected chi connectivity index (χ1v) is 10.2. The number of anilines is 1. The second-order valence-corrected chi connectivity index (χ2v) is 8.19. The van der Waals surface area contributed by atoms with E-state index in [0.717, 1.165) is 41.5 Å². The molecule has 6 nitrogen and oxygen atoms in total. The number of allylic oxidation sites excluding steroid dienone is 2. The van der Waals surface area contributed by atoms with Gasteiger partial charge in [-0.05, 0) is 60.7 Å². The Morgan fingerprint density at radius 1 is 1.38 bits per heavy atom. The van der Waals surface area contributed by atoms with Crippen molar-refractivity contribution >= 4 is 23.8 Å². The van der Waals surface area contributed by atoms with Crippen LogP contribution in [0.25, 0.3) is 0 Å². The van der Waals surface area contributed by atoms with E-state index in [1.54, 1.807) is 30.3 Å². The van der Waals surface area contributed by atoms with Crippen LogP contribution in [0.15, 0.2) is 71.1 Å². The molecule has 1 fully saturated rings. The zero-order valence-corrected chi connectivity index (χ0v) is 17.3. The highest BCUT2D eigenvalue weighted by Crippen LogP contribution is 2.47. The lowest BCUT2D eigenvalue weighted by Crippen LogP contribution is -2.43. The van der Waals surface area contributed by atoms with Gasteiger partial charge in [-0.25, -0.2) is 8.70 Å². The second-order valence-electron chi connectivity index (χ2n) is 7.05. The van der Waals surface area contributed by atoms with Crippen LogP contribution >= 0.6 is 11.9 Å². The topological polar surface area (TPSA) is 89.2 Å². The standard InChI is InChI=1S/C21H27FN6S/c1-3-21-11-15(12-23)19(27-18-6-4-17(22)5-7-18)10-16(21)8-9-28(14-21)29-20(25-2)13-26-24/h3-7,10,12-13,23,25-27H,1,8-9,11,14,24H2,2H3/b20-13+,23-12?. The average Bonchev–Trinajstić information content (AvgIpc) is 2.74. The number of hydrogen-bond acceptors (Lipinski definition) is 7. The van der Waals surface area contributed by atoms with Crippen molar-refractivity contribution in [3.8, 4) is 0 Å². The maximum atomic E-state index is 13.2. The molecule has 1 aromatic rings. The van der Waals surface area contributed by atoms with Gasteiger partial charge in [0.25, 0.3) is 0 Å². The van der Waals surface area contributed by atoms with Gasteiger partial charge < -0.3 is 21.5 Å². The highest BCUT2D eigenvalue weighted by molar-refractivity contribution is 8.00. The quantitative estimate of drug-likeness (QED) is 0.147. The van der Waals surface area contributed by atoms with Crippen molar-refractivity contribution in [2.24, 2.45) is 11.3 Å². The summed E-state index contributed by atoms with van der Waals surface area (Å²) in [6.07, 6.45) is 8.85. The van der Waals surface area contributed by atoms with Crippen molar-refractivity contribution in [2.75, 3.05) is 25.5 Å². The zero-order chi connectivity index (χ0) is 20.9. The summed E-state index contributed by atoms with van der Waals surface area (Å²) >= 11 is 1.62. The summed E-state index contributed by atoms with van der Waals surface area (Å²) in [6.45, 7) is 5.80. The van der Waals surface area contributed by atoms with Crippen LogP contribution in [0.4, 0.5) is 10.1 Å². The van der Waals surface area contributed by atoms with E-state index in [-0.39, 0.29) is 11.2 Å². The Bertz CT molecular complexity index is 860. The zero-order valence-electron chi connectivity index (χ0n) is 16.5. The number of benzene rings is 1. The fourth-order valence-corrected chi connectivity index (χ4v) is 4.68. The molecule has 29 heavy (non-hydrogen) atoms. The van der Waals surface area contributed by atoms with Gasteiger partial charge in [0.2, 0.25) is 0 Å². The fourth-order valence-electron chi connectivity index (χ4n) is 3.72. The number of hydrazine groups is 1. The highest BCUT2D eigenvalue weighted by Gasteiger charge is 2.40. The minimum Gasteiger partial charge on any atom is -0.381 e. The monoisotopic (exact) mass is 414 g/mol. The van der Waals surface area contributed by atoms with Crippen LogP contribution in [-0.4, -0.2) is 30.7 Å². The molecule has 0 aromatic heterocycles. The van der Waals surface area contributed by atoms with Crippen LogP contribution in [-0.2, 0) is 0 Å². The molecule has 0 bridgehead atoms. The Balaban J connectivity index is 1.83. The summed E-state index contributed by atoms with van der Waals surface area (Å²) < 4.78 is 15.5. The lowest BCUT2D eigenvalue weighted by molar-refractivity contribution is 0.278. The Morgan fingerprint density at radius 2 is 2.14 bits per heavy atom. The molecular formula is C21H27FN6S. The molecule has 2 aliphatic rings. The number of hydrogen-bond donors (Lipinski definition) is 5. The Hall–Kier alpha value is -2.55. The molecule has 1 aliphatic heterocycles. The van der Waals surface area contributed by atoms with Crippen molar-refractivity contribution in [3.63, 3.8) is 0 Å². The fraction of sp³-hybridized carbons (Fsp3) is 0.286. The van der Waals surface area contributed by atoms with E-state index >= 15 is 0 Å². The number of nitrogens with two attached hydrogens (primary N) is 1. The van der Waals surface area contributed by atoms with Crippen molar-refractivity contribution in [1.29, 1.82) is 5.41 Å². The molecule has 1 unspecified atom stereocenters. The summed E-state index contributed by atoms with van der Waals surface area (Å²) in [5, 5.41) is 15.3. The van der Waals surface area contributed by atoms with Crippen LogP contribution < -0.4 is 21.9 Å². The molecule has 8 heteroatoms. The van der Waals surface area contributed by atoms with Crippen LogP contribution in [0, 0.1) is 16.6 Å². The van der Waals surface area contributed by atoms with Gasteiger partial charge in [-0.3, -0.25) is 5.84 Å². The molecule has 0 radical (unpaired) electrons. The summed E-state index contributed by atoms with van der Waals surface area (Å²) in [5.74, 6) is 5.14. The minimum absolute atomic E-state index is 0.221. The number of fused-ring (bicyclic) bond motifs is 1. The van der Waals surface area contributed by atoms with Gasteiger partial charge in [-0.15, -0.1) is 6.58 Å². The molecule has 0 saturated carbocycles. The van der Waals surface area contributed by atoms with Gasteiger partial charge in [0.1, 0.15) is 10.8 Å². The maximum absolute atomic E-state index is 13.2. The first-order valence-electron chi connectivity index (χ1n) is 9.41. The number of rotatable bonds is 8. The molecule has 154 valence electrons. The van der Waals surface area contributed by atoms with Gasteiger partial charge in [0.15, 0.2) is 0 Å². The van der Waals surface area contributed by atoms with Gasteiger partial charge >= 0.3 is 0 Å². The SMILES string of the molecule is C=CC12CC(C=N)=C(Nc3ccc(F)cc3)C=C1CCN(S/C(=C/NN)NC)C2.